The summed E-state index contributed by atoms with van der Waals surface area (Å²) in [6.07, 6.45) is 4.75. The van der Waals surface area contributed by atoms with Gasteiger partial charge < -0.3 is 5.32 Å². The van der Waals surface area contributed by atoms with E-state index in [2.05, 4.69) is 27.2 Å². The van der Waals surface area contributed by atoms with Gasteiger partial charge in [0.25, 0.3) is 0 Å². The van der Waals surface area contributed by atoms with Crippen LogP contribution in [0.3, 0.4) is 0 Å². The summed E-state index contributed by atoms with van der Waals surface area (Å²) >= 11 is 0. The highest BCUT2D eigenvalue weighted by Crippen LogP contribution is 2.29. The first-order valence-corrected chi connectivity index (χ1v) is 13.4. The quantitative estimate of drug-likeness (QED) is 0.303. The Kier molecular flexibility index (Phi) is 6.60. The second-order valence-electron chi connectivity index (χ2n) is 8.49. The number of aromatic nitrogens is 3. The molecule has 0 spiro atoms. The van der Waals surface area contributed by atoms with Gasteiger partial charge in [0.2, 0.25) is 10.0 Å². The molecule has 1 unspecified atom stereocenters. The van der Waals surface area contributed by atoms with Gasteiger partial charge in [0, 0.05) is 41.5 Å². The van der Waals surface area contributed by atoms with E-state index < -0.39 is 10.0 Å². The number of benzene rings is 3. The monoisotopic (exact) mass is 495 g/mol. The highest BCUT2D eigenvalue weighted by molar-refractivity contribution is 7.92. The molecular weight excluding hydrogens is 470 g/mol. The number of hydrogen-bond donors (Lipinski definition) is 2. The zero-order valence-electron chi connectivity index (χ0n) is 19.7. The number of nitrogens with one attached hydrogen (secondary N) is 2. The van der Waals surface area contributed by atoms with Crippen LogP contribution in [0.1, 0.15) is 17.0 Å². The molecule has 3 aromatic carbocycles. The number of nitrogens with zero attached hydrogens (tertiary/aromatic N) is 3. The van der Waals surface area contributed by atoms with E-state index in [1.807, 2.05) is 79.1 Å². The van der Waals surface area contributed by atoms with Crippen LogP contribution in [0, 0.1) is 0 Å². The molecule has 2 aromatic heterocycles. The van der Waals surface area contributed by atoms with E-state index in [1.54, 1.807) is 12.1 Å². The maximum Gasteiger partial charge on any atom is 0.229 e. The van der Waals surface area contributed by atoms with Crippen molar-refractivity contribution in [3.8, 4) is 11.4 Å². The third-order valence-corrected chi connectivity index (χ3v) is 6.44. The summed E-state index contributed by atoms with van der Waals surface area (Å²) in [5, 5.41) is 4.50. The van der Waals surface area contributed by atoms with E-state index in [0.29, 0.717) is 18.1 Å². The molecule has 5 aromatic rings. The number of para-hydroxylation sites is 1. The Morgan fingerprint density at radius 1 is 0.778 bits per heavy atom. The van der Waals surface area contributed by atoms with Gasteiger partial charge in [-0.25, -0.2) is 18.4 Å². The van der Waals surface area contributed by atoms with Crippen molar-refractivity contribution in [1.29, 1.82) is 0 Å². The number of hydrogen-bond acceptors (Lipinski definition) is 6. The molecule has 0 bridgehead atoms. The van der Waals surface area contributed by atoms with Gasteiger partial charge in [-0.3, -0.25) is 9.71 Å². The molecule has 0 radical (unpaired) electrons. The fraction of sp³-hybridized carbons (Fsp3) is 0.107. The summed E-state index contributed by atoms with van der Waals surface area (Å²) in [7, 11) is -3.35. The molecule has 7 nitrogen and oxygen atoms in total. The third kappa shape index (κ3) is 5.50. The molecule has 5 rings (SSSR count). The van der Waals surface area contributed by atoms with Crippen molar-refractivity contribution >= 4 is 32.4 Å². The van der Waals surface area contributed by atoms with E-state index in [9.17, 15) is 8.42 Å². The number of anilines is 2. The molecule has 0 saturated heterocycles. The van der Waals surface area contributed by atoms with Crippen LogP contribution in [0.5, 0.6) is 0 Å². The molecule has 0 aliphatic carbocycles. The Bertz CT molecular complexity index is 1540. The average molecular weight is 496 g/mol. The van der Waals surface area contributed by atoms with Gasteiger partial charge in [0.15, 0.2) is 5.82 Å². The lowest BCUT2D eigenvalue weighted by atomic mass is 9.92. The van der Waals surface area contributed by atoms with Crippen molar-refractivity contribution < 1.29 is 8.42 Å². The van der Waals surface area contributed by atoms with Crippen LogP contribution in [-0.2, 0) is 10.0 Å². The van der Waals surface area contributed by atoms with Gasteiger partial charge in [-0.2, -0.15) is 0 Å². The molecule has 0 fully saturated rings. The molecule has 2 N–H and O–H groups in total. The summed E-state index contributed by atoms with van der Waals surface area (Å²) in [6, 6.07) is 29.4. The van der Waals surface area contributed by atoms with Crippen molar-refractivity contribution in [2.75, 3.05) is 22.8 Å². The maximum atomic E-state index is 11.5. The summed E-state index contributed by atoms with van der Waals surface area (Å²) in [5.41, 5.74) is 4.46. The van der Waals surface area contributed by atoms with Crippen molar-refractivity contribution in [1.82, 2.24) is 15.0 Å². The first-order valence-electron chi connectivity index (χ1n) is 11.5. The predicted octanol–water partition coefficient (Wildman–Crippen LogP) is 5.31. The van der Waals surface area contributed by atoms with Crippen LogP contribution in [0.15, 0.2) is 103 Å². The minimum Gasteiger partial charge on any atom is -0.368 e. The van der Waals surface area contributed by atoms with Gasteiger partial charge in [0.1, 0.15) is 5.82 Å². The van der Waals surface area contributed by atoms with Gasteiger partial charge in [-0.05, 0) is 59.7 Å². The summed E-state index contributed by atoms with van der Waals surface area (Å²) < 4.78 is 25.5. The van der Waals surface area contributed by atoms with Gasteiger partial charge in [0.05, 0.1) is 11.8 Å². The van der Waals surface area contributed by atoms with Crippen LogP contribution in [0.2, 0.25) is 0 Å². The number of rotatable bonds is 8. The molecule has 180 valence electrons. The highest BCUT2D eigenvalue weighted by atomic mass is 32.2. The second-order valence-corrected chi connectivity index (χ2v) is 10.2. The third-order valence-electron chi connectivity index (χ3n) is 5.83. The normalized spacial score (nSPS) is 12.2. The van der Waals surface area contributed by atoms with Crippen molar-refractivity contribution in [2.45, 2.75) is 5.92 Å². The molecule has 0 amide bonds. The molecule has 2 heterocycles. The zero-order valence-corrected chi connectivity index (χ0v) is 20.5. The fourth-order valence-corrected chi connectivity index (χ4v) is 4.71. The molecule has 0 saturated carbocycles. The Morgan fingerprint density at radius 3 is 2.17 bits per heavy atom. The predicted molar refractivity (Wildman–Crippen MR) is 144 cm³/mol. The highest BCUT2D eigenvalue weighted by Gasteiger charge is 2.16. The Morgan fingerprint density at radius 2 is 1.44 bits per heavy atom. The number of pyridine rings is 1. The molecule has 36 heavy (non-hydrogen) atoms. The molecule has 1 atom stereocenters. The number of fused-ring (bicyclic) bond motifs is 1. The Hall–Kier alpha value is -4.30. The van der Waals surface area contributed by atoms with E-state index in [4.69, 9.17) is 9.97 Å². The minimum absolute atomic E-state index is 0.104. The van der Waals surface area contributed by atoms with Crippen molar-refractivity contribution in [3.05, 3.63) is 115 Å². The second kappa shape index (κ2) is 10.1. The lowest BCUT2D eigenvalue weighted by Crippen LogP contribution is -2.15. The van der Waals surface area contributed by atoms with Crippen LogP contribution in [0.25, 0.3) is 22.3 Å². The van der Waals surface area contributed by atoms with Crippen LogP contribution < -0.4 is 10.0 Å². The minimum atomic E-state index is -3.35. The molecular formula is C28H25N5O2S. The zero-order chi connectivity index (χ0) is 25.0. The molecule has 8 heteroatoms. The van der Waals surface area contributed by atoms with Gasteiger partial charge in [-0.1, -0.05) is 42.5 Å². The van der Waals surface area contributed by atoms with E-state index >= 15 is 0 Å². The van der Waals surface area contributed by atoms with Crippen molar-refractivity contribution in [3.63, 3.8) is 0 Å². The average Bonchev–Trinajstić information content (AvgIpc) is 2.89. The van der Waals surface area contributed by atoms with E-state index in [-0.39, 0.29) is 5.92 Å². The maximum absolute atomic E-state index is 11.5. The smallest absolute Gasteiger partial charge is 0.229 e. The summed E-state index contributed by atoms with van der Waals surface area (Å²) in [6.45, 7) is 0.631. The molecule has 0 aliphatic heterocycles. The Balaban J connectivity index is 1.49. The van der Waals surface area contributed by atoms with Crippen LogP contribution >= 0.6 is 0 Å². The lowest BCUT2D eigenvalue weighted by Gasteiger charge is -2.20. The topological polar surface area (TPSA) is 96.9 Å². The first-order chi connectivity index (χ1) is 17.5. The van der Waals surface area contributed by atoms with Crippen molar-refractivity contribution in [2.24, 2.45) is 0 Å². The summed E-state index contributed by atoms with van der Waals surface area (Å²) in [4.78, 5) is 13.8. The van der Waals surface area contributed by atoms with Gasteiger partial charge in [-0.15, -0.1) is 0 Å². The SMILES string of the molecule is CS(=O)(=O)Nc1ccc(-c2nc(NCC(c3ccccc3)c3ccncc3)c3ccccc3n2)cc1. The largest absolute Gasteiger partial charge is 0.368 e. The first kappa shape index (κ1) is 23.4. The fourth-order valence-electron chi connectivity index (χ4n) is 4.15. The molecule has 0 aliphatic rings. The van der Waals surface area contributed by atoms with E-state index in [0.717, 1.165) is 34.1 Å². The Labute approximate surface area is 210 Å². The summed E-state index contributed by atoms with van der Waals surface area (Å²) in [5.74, 6) is 1.40. The van der Waals surface area contributed by atoms with E-state index in [1.165, 1.54) is 5.56 Å². The number of sulfonamides is 1. The standard InChI is InChI=1S/C28H25N5O2S/c1-36(34,35)33-23-13-11-22(12-14-23)27-31-26-10-6-5-9-24(26)28(32-27)30-19-25(20-7-3-2-4-8-20)21-15-17-29-18-16-21/h2-18,25,33H,19H2,1H3,(H,30,31,32). The van der Waals surface area contributed by atoms with Crippen LogP contribution in [0.4, 0.5) is 11.5 Å². The lowest BCUT2D eigenvalue weighted by molar-refractivity contribution is 0.607. The van der Waals surface area contributed by atoms with Gasteiger partial charge >= 0.3 is 0 Å². The van der Waals surface area contributed by atoms with Crippen LogP contribution in [-0.4, -0.2) is 36.2 Å².